The molecule has 0 amide bonds. The van der Waals surface area contributed by atoms with Crippen molar-refractivity contribution in [1.29, 1.82) is 0 Å². The molecule has 0 bridgehead atoms. The van der Waals surface area contributed by atoms with Gasteiger partial charge in [-0.15, -0.1) is 0 Å². The highest BCUT2D eigenvalue weighted by molar-refractivity contribution is 9.11. The number of rotatable bonds is 6. The molecule has 0 aliphatic carbocycles. The van der Waals surface area contributed by atoms with Gasteiger partial charge >= 0.3 is 0 Å². The molecule has 1 nitrogen and oxygen atoms in total. The topological polar surface area (TPSA) is 9.23 Å². The molecule has 17 heavy (non-hydrogen) atoms. The van der Waals surface area contributed by atoms with Gasteiger partial charge in [-0.1, -0.05) is 43.6 Å². The summed E-state index contributed by atoms with van der Waals surface area (Å²) in [6.07, 6.45) is 5.45. The quantitative estimate of drug-likeness (QED) is 0.465. The number of allylic oxidation sites excluding steroid dienone is 1. The first kappa shape index (κ1) is 14.0. The molecule has 5 heteroatoms. The van der Waals surface area contributed by atoms with Gasteiger partial charge in [0.2, 0.25) is 0 Å². The van der Waals surface area contributed by atoms with E-state index in [4.69, 9.17) is 4.74 Å². The smallest absolute Gasteiger partial charge is 0.151 e. The number of hydrogen-bond donors (Lipinski definition) is 0. The van der Waals surface area contributed by atoms with E-state index in [0.29, 0.717) is 0 Å². The lowest BCUT2D eigenvalue weighted by Gasteiger charge is -2.19. The fourth-order valence-electron chi connectivity index (χ4n) is 1.57. The Kier molecular flexibility index (Phi) is 5.46. The third kappa shape index (κ3) is 3.75. The zero-order valence-electron chi connectivity index (χ0n) is 9.33. The zero-order valence-corrected chi connectivity index (χ0v) is 14.1. The summed E-state index contributed by atoms with van der Waals surface area (Å²) < 4.78 is 5.77. The summed E-state index contributed by atoms with van der Waals surface area (Å²) in [6, 6.07) is 2.17. The van der Waals surface area contributed by atoms with Crippen molar-refractivity contribution in [2.45, 2.75) is 22.9 Å². The largest absolute Gasteiger partial charge is 0.488 e. The van der Waals surface area contributed by atoms with Crippen LogP contribution in [0.15, 0.2) is 28.0 Å². The Morgan fingerprint density at radius 1 is 1.41 bits per heavy atom. The molecule has 94 valence electrons. The van der Waals surface area contributed by atoms with E-state index in [1.807, 2.05) is 0 Å². The van der Waals surface area contributed by atoms with Gasteiger partial charge in [0, 0.05) is 5.33 Å². The number of thiophene rings is 1. The SMILES string of the molecule is BrCCCCOC1=CCC(Br)(c2ccsc2)S1. The molecule has 0 saturated carbocycles. The zero-order chi connectivity index (χ0) is 12.1. The Morgan fingerprint density at radius 3 is 3.00 bits per heavy atom. The van der Waals surface area contributed by atoms with Crippen molar-refractivity contribution in [3.05, 3.63) is 33.6 Å². The van der Waals surface area contributed by atoms with Crippen molar-refractivity contribution in [1.82, 2.24) is 0 Å². The predicted molar refractivity (Wildman–Crippen MR) is 84.2 cm³/mol. The van der Waals surface area contributed by atoms with E-state index < -0.39 is 0 Å². The maximum atomic E-state index is 5.78. The van der Waals surface area contributed by atoms with Gasteiger partial charge in [0.25, 0.3) is 0 Å². The summed E-state index contributed by atoms with van der Waals surface area (Å²) in [7, 11) is 0. The molecule has 0 saturated heterocycles. The molecule has 0 spiro atoms. The molecule has 0 aromatic carbocycles. The second-order valence-corrected chi connectivity index (χ2v) is 8.57. The highest BCUT2D eigenvalue weighted by atomic mass is 79.9. The Balaban J connectivity index is 1.82. The maximum absolute atomic E-state index is 5.78. The minimum atomic E-state index is -0.00223. The highest BCUT2D eigenvalue weighted by Crippen LogP contribution is 2.54. The molecular weight excluding hydrogens is 384 g/mol. The molecule has 1 unspecified atom stereocenters. The number of halogens is 2. The summed E-state index contributed by atoms with van der Waals surface area (Å²) >= 11 is 10.8. The highest BCUT2D eigenvalue weighted by Gasteiger charge is 2.35. The van der Waals surface area contributed by atoms with Crippen LogP contribution < -0.4 is 0 Å². The van der Waals surface area contributed by atoms with Crippen molar-refractivity contribution in [2.24, 2.45) is 0 Å². The Hall–Kier alpha value is 0.550. The van der Waals surface area contributed by atoms with Crippen LogP contribution >= 0.6 is 55.0 Å². The van der Waals surface area contributed by atoms with E-state index >= 15 is 0 Å². The second kappa shape index (κ2) is 6.64. The van der Waals surface area contributed by atoms with Gasteiger partial charge in [-0.05, 0) is 47.7 Å². The summed E-state index contributed by atoms with van der Waals surface area (Å²) in [5.41, 5.74) is 1.34. The molecule has 1 aromatic rings. The first-order valence-corrected chi connectivity index (χ1v) is 9.21. The summed E-state index contributed by atoms with van der Waals surface area (Å²) in [5.74, 6) is 0. The van der Waals surface area contributed by atoms with Gasteiger partial charge in [-0.25, -0.2) is 0 Å². The van der Waals surface area contributed by atoms with E-state index in [-0.39, 0.29) is 3.66 Å². The summed E-state index contributed by atoms with van der Waals surface area (Å²) in [5, 5.41) is 6.43. The third-order valence-electron chi connectivity index (χ3n) is 2.52. The number of unbranched alkanes of at least 4 members (excludes halogenated alkanes) is 1. The van der Waals surface area contributed by atoms with Gasteiger partial charge in [0.1, 0.15) is 3.66 Å². The monoisotopic (exact) mass is 396 g/mol. The minimum absolute atomic E-state index is 0.00223. The number of alkyl halides is 2. The molecule has 1 aliphatic rings. The van der Waals surface area contributed by atoms with Crippen molar-refractivity contribution >= 4 is 55.0 Å². The van der Waals surface area contributed by atoms with E-state index in [1.165, 1.54) is 12.0 Å². The van der Waals surface area contributed by atoms with Gasteiger partial charge in [-0.3, -0.25) is 0 Å². The molecule has 0 radical (unpaired) electrons. The first-order valence-electron chi connectivity index (χ1n) is 5.54. The van der Waals surface area contributed by atoms with Crippen LogP contribution in [0.1, 0.15) is 24.8 Å². The number of ether oxygens (including phenoxy) is 1. The third-order valence-corrected chi connectivity index (χ3v) is 6.24. The predicted octanol–water partition coefficient (Wildman–Crippen LogP) is 5.47. The lowest BCUT2D eigenvalue weighted by molar-refractivity contribution is 0.234. The Labute approximate surface area is 127 Å². The molecule has 1 aliphatic heterocycles. The minimum Gasteiger partial charge on any atom is -0.488 e. The maximum Gasteiger partial charge on any atom is 0.151 e. The first-order chi connectivity index (χ1) is 8.24. The average Bonchev–Trinajstić information content (AvgIpc) is 2.95. The van der Waals surface area contributed by atoms with Crippen LogP contribution in [-0.2, 0) is 8.39 Å². The van der Waals surface area contributed by atoms with Crippen molar-refractivity contribution in [3.63, 3.8) is 0 Å². The summed E-state index contributed by atoms with van der Waals surface area (Å²) in [4.78, 5) is 0. The Bertz CT molecular complexity index is 378. The van der Waals surface area contributed by atoms with Gasteiger partial charge < -0.3 is 4.74 Å². The molecule has 0 fully saturated rings. The fourth-order valence-corrected chi connectivity index (χ4v) is 4.85. The van der Waals surface area contributed by atoms with E-state index in [2.05, 4.69) is 54.8 Å². The van der Waals surface area contributed by atoms with Crippen LogP contribution in [0.2, 0.25) is 0 Å². The molecular formula is C12H14Br2OS2. The molecule has 1 aromatic heterocycles. The number of thioether (sulfide) groups is 1. The summed E-state index contributed by atoms with van der Waals surface area (Å²) in [6.45, 7) is 0.817. The van der Waals surface area contributed by atoms with E-state index in [9.17, 15) is 0 Å². The van der Waals surface area contributed by atoms with Crippen LogP contribution in [0.4, 0.5) is 0 Å². The Morgan fingerprint density at radius 2 is 2.29 bits per heavy atom. The van der Waals surface area contributed by atoms with Gasteiger partial charge in [-0.2, -0.15) is 11.3 Å². The molecule has 2 rings (SSSR count). The van der Waals surface area contributed by atoms with Crippen LogP contribution in [-0.4, -0.2) is 11.9 Å². The fraction of sp³-hybridized carbons (Fsp3) is 0.500. The second-order valence-electron chi connectivity index (χ2n) is 3.81. The van der Waals surface area contributed by atoms with Gasteiger partial charge in [0.15, 0.2) is 5.09 Å². The molecule has 1 atom stereocenters. The van der Waals surface area contributed by atoms with Crippen molar-refractivity contribution < 1.29 is 4.74 Å². The molecule has 2 heterocycles. The van der Waals surface area contributed by atoms with Gasteiger partial charge in [0.05, 0.1) is 6.61 Å². The van der Waals surface area contributed by atoms with Crippen LogP contribution in [0.3, 0.4) is 0 Å². The lowest BCUT2D eigenvalue weighted by Crippen LogP contribution is -2.07. The molecule has 0 N–H and O–H groups in total. The van der Waals surface area contributed by atoms with Crippen molar-refractivity contribution in [3.8, 4) is 0 Å². The number of hydrogen-bond acceptors (Lipinski definition) is 3. The lowest BCUT2D eigenvalue weighted by atomic mass is 10.2. The standard InChI is InChI=1S/C12H14Br2OS2/c13-6-1-2-7-15-11-3-5-12(14,17-11)10-4-8-16-9-10/h3-4,8-9H,1-2,5-7H2. The van der Waals surface area contributed by atoms with E-state index in [1.54, 1.807) is 23.1 Å². The van der Waals surface area contributed by atoms with Crippen LogP contribution in [0, 0.1) is 0 Å². The van der Waals surface area contributed by atoms with Crippen molar-refractivity contribution in [2.75, 3.05) is 11.9 Å². The van der Waals surface area contributed by atoms with Crippen LogP contribution in [0.25, 0.3) is 0 Å². The van der Waals surface area contributed by atoms with E-state index in [0.717, 1.165) is 29.9 Å². The normalized spacial score (nSPS) is 23.8. The average molecular weight is 398 g/mol. The van der Waals surface area contributed by atoms with Crippen LogP contribution in [0.5, 0.6) is 0 Å².